The first-order valence-corrected chi connectivity index (χ1v) is 6.49. The fourth-order valence-electron chi connectivity index (χ4n) is 1.54. The predicted octanol–water partition coefficient (Wildman–Crippen LogP) is 3.21. The molecule has 2 amide bonds. The zero-order valence-electron chi connectivity index (χ0n) is 10.0. The first kappa shape index (κ1) is 12.4. The number of thiophene rings is 1. The molecular weight excluding hydrogens is 246 g/mol. The van der Waals surface area contributed by atoms with Gasteiger partial charge in [0.25, 0.3) is 0 Å². The lowest BCUT2D eigenvalue weighted by Crippen LogP contribution is -2.30. The average Bonchev–Trinajstić information content (AvgIpc) is 2.85. The molecule has 1 aromatic carbocycles. The van der Waals surface area contributed by atoms with Crippen LogP contribution in [0.5, 0.6) is 0 Å². The van der Waals surface area contributed by atoms with Crippen molar-refractivity contribution < 1.29 is 4.79 Å². The van der Waals surface area contributed by atoms with E-state index < -0.39 is 0 Å². The highest BCUT2D eigenvalue weighted by atomic mass is 32.1. The molecule has 0 radical (unpaired) electrons. The van der Waals surface area contributed by atoms with Crippen molar-refractivity contribution in [3.8, 4) is 0 Å². The lowest BCUT2D eigenvalue weighted by molar-refractivity contribution is 0.249. The van der Waals surface area contributed by atoms with Crippen molar-refractivity contribution in [2.24, 2.45) is 0 Å². The molecule has 0 aliphatic heterocycles. The Labute approximate surface area is 110 Å². The van der Waals surface area contributed by atoms with Crippen LogP contribution in [0, 0.1) is 0 Å². The molecule has 4 nitrogen and oxygen atoms in total. The van der Waals surface area contributed by atoms with Crippen LogP contribution in [0.1, 0.15) is 17.8 Å². The number of nitrogens with one attached hydrogen (secondary N) is 2. The summed E-state index contributed by atoms with van der Waals surface area (Å²) >= 11 is 1.62. The lowest BCUT2D eigenvalue weighted by Gasteiger charge is -2.13. The average molecular weight is 261 g/mol. The van der Waals surface area contributed by atoms with Gasteiger partial charge in [-0.05, 0) is 42.6 Å². The number of nitrogens with two attached hydrogens (primary N) is 1. The third-order valence-corrected chi connectivity index (χ3v) is 3.54. The van der Waals surface area contributed by atoms with Crippen LogP contribution >= 0.6 is 11.3 Å². The summed E-state index contributed by atoms with van der Waals surface area (Å²) in [4.78, 5) is 12.9. The highest BCUT2D eigenvalue weighted by Crippen LogP contribution is 2.18. The van der Waals surface area contributed by atoms with Crippen molar-refractivity contribution >= 4 is 28.7 Å². The highest BCUT2D eigenvalue weighted by Gasteiger charge is 2.09. The van der Waals surface area contributed by atoms with Gasteiger partial charge in [0, 0.05) is 16.3 Å². The van der Waals surface area contributed by atoms with E-state index in [0.29, 0.717) is 5.69 Å². The van der Waals surface area contributed by atoms with Crippen molar-refractivity contribution in [2.45, 2.75) is 13.0 Å². The van der Waals surface area contributed by atoms with Gasteiger partial charge in [-0.2, -0.15) is 0 Å². The fraction of sp³-hybridized carbons (Fsp3) is 0.154. The Morgan fingerprint density at radius 2 is 2.00 bits per heavy atom. The monoisotopic (exact) mass is 261 g/mol. The molecule has 1 heterocycles. The Balaban J connectivity index is 1.91. The predicted molar refractivity (Wildman–Crippen MR) is 75.7 cm³/mol. The van der Waals surface area contributed by atoms with Gasteiger partial charge in [-0.25, -0.2) is 4.79 Å². The van der Waals surface area contributed by atoms with E-state index in [1.165, 1.54) is 0 Å². The molecule has 0 bridgehead atoms. The van der Waals surface area contributed by atoms with Crippen molar-refractivity contribution in [1.29, 1.82) is 0 Å². The Bertz CT molecular complexity index is 508. The largest absolute Gasteiger partial charge is 0.399 e. The first-order chi connectivity index (χ1) is 8.65. The molecule has 0 saturated carbocycles. The normalized spacial score (nSPS) is 11.8. The minimum Gasteiger partial charge on any atom is -0.399 e. The molecule has 1 atom stereocenters. The number of nitrogen functional groups attached to an aromatic ring is 1. The molecule has 0 spiro atoms. The van der Waals surface area contributed by atoms with E-state index in [-0.39, 0.29) is 12.1 Å². The highest BCUT2D eigenvalue weighted by molar-refractivity contribution is 7.10. The Morgan fingerprint density at radius 1 is 1.28 bits per heavy atom. The summed E-state index contributed by atoms with van der Waals surface area (Å²) in [6.07, 6.45) is 0. The summed E-state index contributed by atoms with van der Waals surface area (Å²) in [5, 5.41) is 7.63. The van der Waals surface area contributed by atoms with Crippen molar-refractivity contribution in [3.63, 3.8) is 0 Å². The van der Waals surface area contributed by atoms with Crippen LogP contribution < -0.4 is 16.4 Å². The Hall–Kier alpha value is -2.01. The molecule has 1 unspecified atom stereocenters. The molecule has 94 valence electrons. The van der Waals surface area contributed by atoms with E-state index in [9.17, 15) is 4.79 Å². The zero-order chi connectivity index (χ0) is 13.0. The lowest BCUT2D eigenvalue weighted by atomic mass is 10.3. The van der Waals surface area contributed by atoms with Gasteiger partial charge in [0.15, 0.2) is 0 Å². The van der Waals surface area contributed by atoms with Crippen LogP contribution in [0.4, 0.5) is 16.2 Å². The van der Waals surface area contributed by atoms with E-state index in [1.54, 1.807) is 35.6 Å². The molecule has 4 N–H and O–H groups in total. The minimum atomic E-state index is -0.222. The van der Waals surface area contributed by atoms with Crippen LogP contribution in [0.25, 0.3) is 0 Å². The van der Waals surface area contributed by atoms with Crippen LogP contribution in [0.2, 0.25) is 0 Å². The summed E-state index contributed by atoms with van der Waals surface area (Å²) in [7, 11) is 0. The summed E-state index contributed by atoms with van der Waals surface area (Å²) in [5.41, 5.74) is 6.97. The van der Waals surface area contributed by atoms with Crippen LogP contribution in [-0.2, 0) is 0 Å². The molecule has 2 rings (SSSR count). The van der Waals surface area contributed by atoms with Crippen LogP contribution in [0.15, 0.2) is 41.8 Å². The SMILES string of the molecule is CC(NC(=O)Nc1ccc(N)cc1)c1cccs1. The number of rotatable bonds is 3. The van der Waals surface area contributed by atoms with Crippen molar-refractivity contribution in [3.05, 3.63) is 46.7 Å². The van der Waals surface area contributed by atoms with Crippen molar-refractivity contribution in [2.75, 3.05) is 11.1 Å². The van der Waals surface area contributed by atoms with Crippen LogP contribution in [0.3, 0.4) is 0 Å². The van der Waals surface area contributed by atoms with Crippen LogP contribution in [-0.4, -0.2) is 6.03 Å². The van der Waals surface area contributed by atoms with E-state index >= 15 is 0 Å². The Morgan fingerprint density at radius 3 is 2.61 bits per heavy atom. The van der Waals surface area contributed by atoms with Gasteiger partial charge in [-0.3, -0.25) is 0 Å². The molecular formula is C13H15N3OS. The maximum absolute atomic E-state index is 11.8. The van der Waals surface area contributed by atoms with Gasteiger partial charge in [0.2, 0.25) is 0 Å². The summed E-state index contributed by atoms with van der Waals surface area (Å²) < 4.78 is 0. The van der Waals surface area contributed by atoms with E-state index in [2.05, 4.69) is 10.6 Å². The zero-order valence-corrected chi connectivity index (χ0v) is 10.8. The van der Waals surface area contributed by atoms with Gasteiger partial charge in [0.05, 0.1) is 6.04 Å². The number of carbonyl (C=O) groups excluding carboxylic acids is 1. The maximum Gasteiger partial charge on any atom is 0.319 e. The number of anilines is 2. The van der Waals surface area contributed by atoms with Crippen molar-refractivity contribution in [1.82, 2.24) is 5.32 Å². The molecule has 1 aromatic heterocycles. The molecule has 18 heavy (non-hydrogen) atoms. The number of hydrogen-bond acceptors (Lipinski definition) is 3. The molecule has 0 fully saturated rings. The van der Waals surface area contributed by atoms with E-state index in [1.807, 2.05) is 24.4 Å². The minimum absolute atomic E-state index is 0.00113. The standard InChI is InChI=1S/C13H15N3OS/c1-9(12-3-2-8-18-12)15-13(17)16-11-6-4-10(14)5-7-11/h2-9H,14H2,1H3,(H2,15,16,17). The fourth-order valence-corrected chi connectivity index (χ4v) is 2.27. The third kappa shape index (κ3) is 3.24. The number of benzene rings is 1. The summed E-state index contributed by atoms with van der Waals surface area (Å²) in [5.74, 6) is 0. The van der Waals surface area contributed by atoms with Gasteiger partial charge >= 0.3 is 6.03 Å². The van der Waals surface area contributed by atoms with Gasteiger partial charge in [-0.1, -0.05) is 6.07 Å². The number of carbonyl (C=O) groups is 1. The second-order valence-electron chi connectivity index (χ2n) is 3.96. The number of amides is 2. The van der Waals surface area contributed by atoms with E-state index in [4.69, 9.17) is 5.73 Å². The van der Waals surface area contributed by atoms with E-state index in [0.717, 1.165) is 10.6 Å². The van der Waals surface area contributed by atoms with Gasteiger partial charge in [0.1, 0.15) is 0 Å². The molecule has 0 aliphatic carbocycles. The quantitative estimate of drug-likeness (QED) is 0.743. The Kier molecular flexibility index (Phi) is 3.84. The molecule has 0 saturated heterocycles. The topological polar surface area (TPSA) is 67.2 Å². The second-order valence-corrected chi connectivity index (χ2v) is 4.94. The number of hydrogen-bond donors (Lipinski definition) is 3. The summed E-state index contributed by atoms with van der Waals surface area (Å²) in [6.45, 7) is 1.95. The van der Waals surface area contributed by atoms with Gasteiger partial charge in [-0.15, -0.1) is 11.3 Å². The molecule has 5 heteroatoms. The summed E-state index contributed by atoms with van der Waals surface area (Å²) in [6, 6.07) is 10.8. The smallest absolute Gasteiger partial charge is 0.319 e. The molecule has 0 aliphatic rings. The van der Waals surface area contributed by atoms with Gasteiger partial charge < -0.3 is 16.4 Å². The maximum atomic E-state index is 11.8. The number of urea groups is 1. The third-order valence-electron chi connectivity index (χ3n) is 2.49. The molecule has 2 aromatic rings. The first-order valence-electron chi connectivity index (χ1n) is 5.61. The second kappa shape index (κ2) is 5.55.